The van der Waals surface area contributed by atoms with E-state index in [1.165, 1.54) is 23.5 Å². The van der Waals surface area contributed by atoms with Crippen molar-refractivity contribution in [2.45, 2.75) is 19.0 Å². The van der Waals surface area contributed by atoms with Crippen molar-refractivity contribution in [2.75, 3.05) is 20.1 Å². The maximum absolute atomic E-state index is 12.7. The van der Waals surface area contributed by atoms with E-state index < -0.39 is 11.9 Å². The zero-order valence-electron chi connectivity index (χ0n) is 15.3. The van der Waals surface area contributed by atoms with Crippen LogP contribution in [0.1, 0.15) is 22.5 Å². The lowest BCUT2D eigenvalue weighted by molar-refractivity contribution is -0.141. The molecule has 1 aliphatic rings. The second-order valence-electron chi connectivity index (χ2n) is 7.05. The van der Waals surface area contributed by atoms with Crippen LogP contribution in [0, 0.1) is 0 Å². The number of halogens is 4. The number of alkyl halides is 3. The Bertz CT molecular complexity index is 1040. The van der Waals surface area contributed by atoms with Gasteiger partial charge in [-0.1, -0.05) is 17.7 Å². The molecule has 0 unspecified atom stereocenters. The Morgan fingerprint density at radius 3 is 2.61 bits per heavy atom. The highest BCUT2D eigenvalue weighted by Gasteiger charge is 2.31. The highest BCUT2D eigenvalue weighted by molar-refractivity contribution is 6.31. The fourth-order valence-corrected chi connectivity index (χ4v) is 3.84. The van der Waals surface area contributed by atoms with Gasteiger partial charge in [-0.25, -0.2) is 0 Å². The first-order valence-corrected chi connectivity index (χ1v) is 9.42. The van der Waals surface area contributed by atoms with Crippen LogP contribution in [0.15, 0.2) is 36.5 Å². The van der Waals surface area contributed by atoms with Gasteiger partial charge in [0.25, 0.3) is 0 Å². The fraction of sp³-hybridized carbons (Fsp3) is 0.286. The lowest BCUT2D eigenvalue weighted by Crippen LogP contribution is -2.21. The van der Waals surface area contributed by atoms with Crippen LogP contribution < -0.4 is 0 Å². The largest absolute Gasteiger partial charge is 0.433 e. The molecule has 4 rings (SSSR count). The van der Waals surface area contributed by atoms with Gasteiger partial charge in [0.15, 0.2) is 0 Å². The van der Waals surface area contributed by atoms with E-state index in [4.69, 9.17) is 11.6 Å². The van der Waals surface area contributed by atoms with E-state index in [0.717, 1.165) is 42.9 Å². The summed E-state index contributed by atoms with van der Waals surface area (Å²) >= 11 is 6.23. The summed E-state index contributed by atoms with van der Waals surface area (Å²) < 4.78 is 40.2. The Kier molecular flexibility index (Phi) is 4.93. The fourth-order valence-electron chi connectivity index (χ4n) is 3.67. The summed E-state index contributed by atoms with van der Waals surface area (Å²) in [6.07, 6.45) is 2.34. The summed E-state index contributed by atoms with van der Waals surface area (Å²) in [5.74, 6) is 0. The minimum absolute atomic E-state index is 0.614. The van der Waals surface area contributed by atoms with Gasteiger partial charge in [0.05, 0.1) is 5.52 Å². The summed E-state index contributed by atoms with van der Waals surface area (Å²) in [7, 11) is 2.11. The zero-order valence-corrected chi connectivity index (χ0v) is 16.1. The van der Waals surface area contributed by atoms with Gasteiger partial charge in [0.2, 0.25) is 0 Å². The number of nitrogens with zero attached hydrogens (tertiary/aromatic N) is 3. The van der Waals surface area contributed by atoms with Crippen LogP contribution in [0.4, 0.5) is 13.2 Å². The molecule has 28 heavy (non-hydrogen) atoms. The van der Waals surface area contributed by atoms with Crippen molar-refractivity contribution in [3.8, 4) is 0 Å². The number of pyridine rings is 1. The lowest BCUT2D eigenvalue weighted by Gasteiger charge is -2.12. The van der Waals surface area contributed by atoms with Crippen LogP contribution in [0.25, 0.3) is 23.2 Å². The van der Waals surface area contributed by atoms with Crippen molar-refractivity contribution in [2.24, 2.45) is 0 Å². The molecule has 3 nitrogen and oxygen atoms in total. The van der Waals surface area contributed by atoms with E-state index in [2.05, 4.69) is 21.5 Å². The van der Waals surface area contributed by atoms with Gasteiger partial charge in [0, 0.05) is 48.0 Å². The van der Waals surface area contributed by atoms with Crippen LogP contribution >= 0.6 is 11.6 Å². The van der Waals surface area contributed by atoms with Crippen LogP contribution in [-0.2, 0) is 19.0 Å². The molecule has 0 amide bonds. The Morgan fingerprint density at radius 1 is 1.11 bits per heavy atom. The molecule has 0 spiro atoms. The molecule has 3 heterocycles. The van der Waals surface area contributed by atoms with Crippen LogP contribution in [-0.4, -0.2) is 34.6 Å². The van der Waals surface area contributed by atoms with E-state index in [0.29, 0.717) is 10.6 Å². The summed E-state index contributed by atoms with van der Waals surface area (Å²) in [5, 5.41) is 1.83. The molecule has 0 aliphatic carbocycles. The molecule has 0 saturated carbocycles. The molecule has 0 saturated heterocycles. The van der Waals surface area contributed by atoms with E-state index in [-0.39, 0.29) is 0 Å². The molecule has 0 radical (unpaired) electrons. The summed E-state index contributed by atoms with van der Waals surface area (Å²) in [6, 6.07) is 8.28. The molecule has 1 aromatic carbocycles. The molecule has 0 N–H and O–H groups in total. The Hall–Kier alpha value is -2.31. The van der Waals surface area contributed by atoms with Crippen molar-refractivity contribution in [3.05, 3.63) is 64.1 Å². The van der Waals surface area contributed by atoms with Crippen molar-refractivity contribution in [3.63, 3.8) is 0 Å². The molecular formula is C21H19ClF3N3. The molecule has 0 atom stereocenters. The maximum atomic E-state index is 12.7. The number of aromatic nitrogens is 2. The van der Waals surface area contributed by atoms with Gasteiger partial charge in [-0.3, -0.25) is 4.98 Å². The molecule has 2 aromatic heterocycles. The van der Waals surface area contributed by atoms with Gasteiger partial charge in [-0.15, -0.1) is 0 Å². The number of hydrogen-bond acceptors (Lipinski definition) is 2. The predicted molar refractivity (Wildman–Crippen MR) is 106 cm³/mol. The smallest absolute Gasteiger partial charge is 0.320 e. The van der Waals surface area contributed by atoms with E-state index in [1.54, 1.807) is 6.08 Å². The average Bonchev–Trinajstić information content (AvgIpc) is 2.79. The van der Waals surface area contributed by atoms with Crippen molar-refractivity contribution < 1.29 is 13.2 Å². The molecule has 7 heteroatoms. The molecule has 0 fully saturated rings. The summed E-state index contributed by atoms with van der Waals surface area (Å²) in [4.78, 5) is 5.82. The van der Waals surface area contributed by atoms with Gasteiger partial charge < -0.3 is 9.47 Å². The minimum Gasteiger partial charge on any atom is -0.320 e. The first-order valence-electron chi connectivity index (χ1n) is 9.04. The quantitative estimate of drug-likeness (QED) is 0.571. The summed E-state index contributed by atoms with van der Waals surface area (Å²) in [6.45, 7) is 1.93. The van der Waals surface area contributed by atoms with E-state index >= 15 is 0 Å². The standard InChI is InChI=1S/C21H19ClF3N3/c1-27-9-7-16-17-12-15(22)3-4-18(17)28(19(16)8-10-27)11-6-14-2-5-20(26-13-14)21(23,24)25/h2-6,11-13H,7-10H2,1H3. The third-order valence-corrected chi connectivity index (χ3v) is 5.38. The highest BCUT2D eigenvalue weighted by atomic mass is 35.5. The lowest BCUT2D eigenvalue weighted by atomic mass is 10.1. The van der Waals surface area contributed by atoms with E-state index in [9.17, 15) is 13.2 Å². The number of benzene rings is 1. The second kappa shape index (κ2) is 7.26. The van der Waals surface area contributed by atoms with Gasteiger partial charge in [0.1, 0.15) is 5.69 Å². The molecule has 3 aromatic rings. The monoisotopic (exact) mass is 405 g/mol. The SMILES string of the molecule is CN1CCc2c(n(C=Cc3ccc(C(F)(F)F)nc3)c3ccc(Cl)cc23)CC1. The second-order valence-corrected chi connectivity index (χ2v) is 7.49. The zero-order chi connectivity index (χ0) is 19.9. The number of likely N-dealkylation sites (N-methyl/N-ethyl adjacent to an activating group) is 1. The average molecular weight is 406 g/mol. The predicted octanol–water partition coefficient (Wildman–Crippen LogP) is 5.37. The van der Waals surface area contributed by atoms with Crippen molar-refractivity contribution >= 4 is 34.8 Å². The normalized spacial score (nSPS) is 15.9. The first kappa shape index (κ1) is 19.0. The van der Waals surface area contributed by atoms with Gasteiger partial charge in [-0.05, 0) is 54.9 Å². The number of hydrogen-bond donors (Lipinski definition) is 0. The minimum atomic E-state index is -4.43. The maximum Gasteiger partial charge on any atom is 0.433 e. The van der Waals surface area contributed by atoms with E-state index in [1.807, 2.05) is 24.4 Å². The topological polar surface area (TPSA) is 21.1 Å². The van der Waals surface area contributed by atoms with Crippen LogP contribution in [0.3, 0.4) is 0 Å². The molecule has 146 valence electrons. The third kappa shape index (κ3) is 3.66. The third-order valence-electron chi connectivity index (χ3n) is 5.15. The number of fused-ring (bicyclic) bond motifs is 3. The summed E-state index contributed by atoms with van der Waals surface area (Å²) in [5.41, 5.74) is 3.29. The molecular weight excluding hydrogens is 387 g/mol. The van der Waals surface area contributed by atoms with Crippen LogP contribution in [0.2, 0.25) is 5.02 Å². The van der Waals surface area contributed by atoms with Crippen molar-refractivity contribution in [1.82, 2.24) is 14.5 Å². The first-order chi connectivity index (χ1) is 13.3. The Balaban J connectivity index is 1.75. The Labute approximate surface area is 166 Å². The van der Waals surface area contributed by atoms with Gasteiger partial charge >= 0.3 is 6.18 Å². The van der Waals surface area contributed by atoms with Gasteiger partial charge in [-0.2, -0.15) is 13.2 Å². The van der Waals surface area contributed by atoms with Crippen LogP contribution in [0.5, 0.6) is 0 Å². The molecule has 0 bridgehead atoms. The number of rotatable bonds is 2. The molecule has 1 aliphatic heterocycles. The Morgan fingerprint density at radius 2 is 1.89 bits per heavy atom. The van der Waals surface area contributed by atoms with Crippen molar-refractivity contribution in [1.29, 1.82) is 0 Å². The highest BCUT2D eigenvalue weighted by Crippen LogP contribution is 2.32.